The SMILES string of the molecule is CCCCCCCCCCCC[N+](CCO)(CCO)CCCCCCCC.CCCCCCCCCCCC[N+](CCO)(CCO)CCCCCCCC.[Cl-].[OH-]. The van der Waals surface area contributed by atoms with Gasteiger partial charge in [-0.1, -0.05) is 182 Å². The van der Waals surface area contributed by atoms with Crippen molar-refractivity contribution in [2.75, 3.05) is 78.8 Å². The topological polar surface area (TPSA) is 111 Å². The summed E-state index contributed by atoms with van der Waals surface area (Å²) in [6.45, 7) is 17.8. The fourth-order valence-corrected chi connectivity index (χ4v) is 8.51. The number of aliphatic hydroxyl groups is 4. The van der Waals surface area contributed by atoms with Gasteiger partial charge in [-0.2, -0.15) is 0 Å². The summed E-state index contributed by atoms with van der Waals surface area (Å²) in [5.74, 6) is 0. The number of nitrogens with zero attached hydrogens (tertiary/aromatic N) is 2. The number of hydrogen-bond donors (Lipinski definition) is 4. The van der Waals surface area contributed by atoms with Crippen molar-refractivity contribution in [1.29, 1.82) is 0 Å². The second-order valence-corrected chi connectivity index (χ2v) is 17.3. The van der Waals surface area contributed by atoms with Crippen LogP contribution < -0.4 is 12.4 Å². The molecule has 0 heterocycles. The van der Waals surface area contributed by atoms with Crippen LogP contribution in [-0.2, 0) is 0 Å². The molecule has 0 unspecified atom stereocenters. The van der Waals surface area contributed by atoms with Crippen molar-refractivity contribution in [3.63, 3.8) is 0 Å². The Bertz CT molecular complexity index is 622. The Morgan fingerprint density at radius 3 is 0.518 bits per heavy atom. The zero-order valence-corrected chi connectivity index (χ0v) is 39.4. The minimum absolute atomic E-state index is 0. The highest BCUT2D eigenvalue weighted by molar-refractivity contribution is 4.54. The van der Waals surface area contributed by atoms with Crippen LogP contribution in [0.3, 0.4) is 0 Å². The monoisotopic (exact) mass is 825 g/mol. The first-order valence-electron chi connectivity index (χ1n) is 24.6. The molecule has 0 aliphatic heterocycles. The lowest BCUT2D eigenvalue weighted by atomic mass is 10.1. The van der Waals surface area contributed by atoms with Crippen LogP contribution in [0.4, 0.5) is 0 Å². The molecule has 0 aromatic heterocycles. The fourth-order valence-electron chi connectivity index (χ4n) is 8.51. The highest BCUT2D eigenvalue weighted by Crippen LogP contribution is 2.18. The van der Waals surface area contributed by atoms with Crippen LogP contribution in [0.2, 0.25) is 0 Å². The fraction of sp³-hybridized carbons (Fsp3) is 1.00. The lowest BCUT2D eigenvalue weighted by Crippen LogP contribution is -3.00. The zero-order valence-electron chi connectivity index (χ0n) is 38.6. The molecule has 0 radical (unpaired) electrons. The molecule has 0 aromatic rings. The lowest BCUT2D eigenvalue weighted by Gasteiger charge is -2.38. The second-order valence-electron chi connectivity index (χ2n) is 17.3. The molecule has 0 fully saturated rings. The maximum Gasteiger partial charge on any atom is 0.102 e. The molecule has 0 saturated heterocycles. The normalized spacial score (nSPS) is 11.6. The largest absolute Gasteiger partial charge is 1.00 e. The third-order valence-corrected chi connectivity index (χ3v) is 12.2. The quantitative estimate of drug-likeness (QED) is 0.0363. The smallest absolute Gasteiger partial charge is 0.102 e. The average molecular weight is 826 g/mol. The van der Waals surface area contributed by atoms with Gasteiger partial charge in [0.25, 0.3) is 0 Å². The molecule has 8 heteroatoms. The summed E-state index contributed by atoms with van der Waals surface area (Å²) in [6, 6.07) is 0. The summed E-state index contributed by atoms with van der Waals surface area (Å²) in [4.78, 5) is 0. The summed E-state index contributed by atoms with van der Waals surface area (Å²) in [5, 5.41) is 38.3. The maximum absolute atomic E-state index is 9.57. The van der Waals surface area contributed by atoms with Crippen LogP contribution in [0, 0.1) is 0 Å². The van der Waals surface area contributed by atoms with Gasteiger partial charge < -0.3 is 47.3 Å². The van der Waals surface area contributed by atoms with E-state index in [4.69, 9.17) is 0 Å². The van der Waals surface area contributed by atoms with Gasteiger partial charge in [-0.25, -0.2) is 0 Å². The van der Waals surface area contributed by atoms with Gasteiger partial charge in [-0.3, -0.25) is 0 Å². The number of quaternary nitrogens is 2. The van der Waals surface area contributed by atoms with Crippen molar-refractivity contribution >= 4 is 0 Å². The molecule has 0 saturated carbocycles. The third kappa shape index (κ3) is 42.1. The van der Waals surface area contributed by atoms with Gasteiger partial charge in [-0.05, 0) is 51.4 Å². The summed E-state index contributed by atoms with van der Waals surface area (Å²) in [6.07, 6.45) is 43.1. The van der Waals surface area contributed by atoms with Crippen molar-refractivity contribution in [1.82, 2.24) is 0 Å². The van der Waals surface area contributed by atoms with Crippen molar-refractivity contribution in [3.05, 3.63) is 0 Å². The highest BCUT2D eigenvalue weighted by atomic mass is 35.5. The van der Waals surface area contributed by atoms with Crippen LogP contribution in [-0.4, -0.2) is 114 Å². The number of hydrogen-bond acceptors (Lipinski definition) is 5. The lowest BCUT2D eigenvalue weighted by molar-refractivity contribution is -0.929. The molecule has 0 aliphatic carbocycles. The Balaban J connectivity index is -0.000000466. The predicted molar refractivity (Wildman–Crippen MR) is 240 cm³/mol. The minimum Gasteiger partial charge on any atom is -1.00 e. The minimum atomic E-state index is 0. The summed E-state index contributed by atoms with van der Waals surface area (Å²) >= 11 is 0. The summed E-state index contributed by atoms with van der Waals surface area (Å²) in [5.41, 5.74) is 0. The van der Waals surface area contributed by atoms with Gasteiger partial charge >= 0.3 is 0 Å². The van der Waals surface area contributed by atoms with Gasteiger partial charge in [0.05, 0.1) is 52.6 Å². The molecule has 7 nitrogen and oxygen atoms in total. The van der Waals surface area contributed by atoms with Crippen LogP contribution in [0.25, 0.3) is 0 Å². The van der Waals surface area contributed by atoms with E-state index < -0.39 is 0 Å². The average Bonchev–Trinajstić information content (AvgIpc) is 3.16. The summed E-state index contributed by atoms with van der Waals surface area (Å²) in [7, 11) is 0. The molecular formula is C48H105ClN2O5. The van der Waals surface area contributed by atoms with Gasteiger partial charge in [-0.15, -0.1) is 0 Å². The Labute approximate surface area is 358 Å². The standard InChI is InChI=1S/2C24H52NO2.ClH.H2O/c2*1-3-5-7-9-11-12-13-14-16-18-20-25(21-23-26,22-24-27)19-17-15-10-8-6-4-2;;/h2*26-27H,3-24H2,1-2H3;1H;1H2/q2*+1;;/p-2. The highest BCUT2D eigenvalue weighted by Gasteiger charge is 2.26. The predicted octanol–water partition coefficient (Wildman–Crippen LogP) is 8.97. The Hall–Kier alpha value is 0.01000. The molecular weight excluding hydrogens is 720 g/mol. The van der Waals surface area contributed by atoms with Crippen LogP contribution >= 0.6 is 0 Å². The van der Waals surface area contributed by atoms with E-state index >= 15 is 0 Å². The first-order chi connectivity index (χ1) is 26.5. The third-order valence-electron chi connectivity index (χ3n) is 12.2. The molecule has 0 aromatic carbocycles. The van der Waals surface area contributed by atoms with E-state index in [-0.39, 0.29) is 44.3 Å². The van der Waals surface area contributed by atoms with E-state index in [9.17, 15) is 20.4 Å². The zero-order chi connectivity index (χ0) is 40.1. The Kier molecular flexibility index (Phi) is 57.2. The van der Waals surface area contributed by atoms with Gasteiger partial charge in [0.1, 0.15) is 26.2 Å². The van der Waals surface area contributed by atoms with Crippen molar-refractivity contribution in [2.24, 2.45) is 0 Å². The number of halogens is 1. The molecule has 56 heavy (non-hydrogen) atoms. The van der Waals surface area contributed by atoms with E-state index in [0.717, 1.165) is 61.3 Å². The van der Waals surface area contributed by atoms with E-state index in [0.29, 0.717) is 0 Å². The molecule has 344 valence electrons. The van der Waals surface area contributed by atoms with Crippen LogP contribution in [0.1, 0.15) is 233 Å². The molecule has 0 spiro atoms. The van der Waals surface area contributed by atoms with Crippen molar-refractivity contribution < 1.29 is 47.3 Å². The first kappa shape index (κ1) is 62.7. The maximum atomic E-state index is 9.57. The Morgan fingerprint density at radius 1 is 0.232 bits per heavy atom. The summed E-state index contributed by atoms with van der Waals surface area (Å²) < 4.78 is 1.86. The Morgan fingerprint density at radius 2 is 0.375 bits per heavy atom. The van der Waals surface area contributed by atoms with Crippen molar-refractivity contribution in [3.8, 4) is 0 Å². The molecule has 0 bridgehead atoms. The number of aliphatic hydroxyl groups excluding tert-OH is 4. The van der Waals surface area contributed by atoms with Crippen LogP contribution in [0.5, 0.6) is 0 Å². The number of unbranched alkanes of at least 4 members (excludes halogenated alkanes) is 28. The van der Waals surface area contributed by atoms with E-state index in [2.05, 4.69) is 27.7 Å². The van der Waals surface area contributed by atoms with Gasteiger partial charge in [0, 0.05) is 0 Å². The molecule has 0 aliphatic rings. The molecule has 5 N–H and O–H groups in total. The van der Waals surface area contributed by atoms with E-state index in [1.807, 2.05) is 0 Å². The van der Waals surface area contributed by atoms with E-state index in [1.54, 1.807) is 0 Å². The van der Waals surface area contributed by atoms with Gasteiger partial charge in [0.2, 0.25) is 0 Å². The molecule has 0 rings (SSSR count). The number of rotatable bonds is 44. The molecule has 0 amide bonds. The van der Waals surface area contributed by atoms with Crippen molar-refractivity contribution in [2.45, 2.75) is 233 Å². The van der Waals surface area contributed by atoms with Crippen LogP contribution in [0.15, 0.2) is 0 Å². The van der Waals surface area contributed by atoms with Gasteiger partial charge in [0.15, 0.2) is 0 Å². The molecule has 0 atom stereocenters. The first-order valence-corrected chi connectivity index (χ1v) is 24.6. The van der Waals surface area contributed by atoms with E-state index in [1.165, 1.54) is 205 Å². The second kappa shape index (κ2) is 51.2.